The molecule has 1 aliphatic carbocycles. The molecule has 1 fully saturated rings. The van der Waals surface area contributed by atoms with Crippen molar-refractivity contribution in [1.29, 1.82) is 0 Å². The van der Waals surface area contributed by atoms with E-state index in [0.29, 0.717) is 17.6 Å². The lowest BCUT2D eigenvalue weighted by atomic mass is 9.73. The Morgan fingerprint density at radius 2 is 2.14 bits per heavy atom. The van der Waals surface area contributed by atoms with Crippen LogP contribution in [-0.4, -0.2) is 12.4 Å². The summed E-state index contributed by atoms with van der Waals surface area (Å²) in [6, 6.07) is 4.28. The van der Waals surface area contributed by atoms with E-state index >= 15 is 0 Å². The second-order valence-electron chi connectivity index (χ2n) is 6.80. The van der Waals surface area contributed by atoms with Gasteiger partial charge in [0.05, 0.1) is 6.61 Å². The van der Waals surface area contributed by atoms with Crippen LogP contribution in [0.15, 0.2) is 16.6 Å². The number of ketones is 1. The van der Waals surface area contributed by atoms with Crippen LogP contribution in [0.1, 0.15) is 44.2 Å². The molecule has 0 amide bonds. The van der Waals surface area contributed by atoms with Crippen LogP contribution in [0.25, 0.3) is 0 Å². The van der Waals surface area contributed by atoms with Crippen LogP contribution in [0.4, 0.5) is 0 Å². The number of fused-ring (bicyclic) bond motifs is 1. The maximum Gasteiger partial charge on any atom is 0.136 e. The van der Waals surface area contributed by atoms with E-state index in [-0.39, 0.29) is 5.92 Å². The van der Waals surface area contributed by atoms with E-state index in [4.69, 9.17) is 4.74 Å². The van der Waals surface area contributed by atoms with Gasteiger partial charge in [-0.2, -0.15) is 0 Å². The molecule has 0 radical (unpaired) electrons. The van der Waals surface area contributed by atoms with Gasteiger partial charge in [-0.05, 0) is 54.4 Å². The molecule has 3 rings (SSSR count). The fourth-order valence-electron chi connectivity index (χ4n) is 3.71. The zero-order valence-corrected chi connectivity index (χ0v) is 14.4. The third kappa shape index (κ3) is 3.18. The zero-order chi connectivity index (χ0) is 15.0. The van der Waals surface area contributed by atoms with Gasteiger partial charge in [-0.3, -0.25) is 4.79 Å². The van der Waals surface area contributed by atoms with Gasteiger partial charge in [-0.1, -0.05) is 29.8 Å². The highest BCUT2D eigenvalue weighted by atomic mass is 79.9. The van der Waals surface area contributed by atoms with Crippen LogP contribution >= 0.6 is 15.9 Å². The third-order valence-corrected chi connectivity index (χ3v) is 5.50. The second-order valence-corrected chi connectivity index (χ2v) is 7.71. The van der Waals surface area contributed by atoms with Crippen LogP contribution in [0.3, 0.4) is 0 Å². The summed E-state index contributed by atoms with van der Waals surface area (Å²) in [5.74, 6) is 3.02. The van der Waals surface area contributed by atoms with E-state index in [1.807, 2.05) is 0 Å². The van der Waals surface area contributed by atoms with Gasteiger partial charge in [-0.25, -0.2) is 0 Å². The minimum Gasteiger partial charge on any atom is -0.493 e. The Labute approximate surface area is 135 Å². The number of hydrogen-bond acceptors (Lipinski definition) is 2. The Morgan fingerprint density at radius 3 is 2.90 bits per heavy atom. The lowest BCUT2D eigenvalue weighted by Crippen LogP contribution is -2.29. The quantitative estimate of drug-likeness (QED) is 0.798. The van der Waals surface area contributed by atoms with E-state index in [1.54, 1.807) is 0 Å². The number of benzene rings is 1. The Balaban J connectivity index is 1.81. The summed E-state index contributed by atoms with van der Waals surface area (Å²) in [5, 5.41) is 0. The smallest absolute Gasteiger partial charge is 0.136 e. The normalized spacial score (nSPS) is 25.0. The highest BCUT2D eigenvalue weighted by molar-refractivity contribution is 9.10. The van der Waals surface area contributed by atoms with Crippen molar-refractivity contribution in [3.63, 3.8) is 0 Å². The highest BCUT2D eigenvalue weighted by Crippen LogP contribution is 2.38. The molecule has 1 aliphatic heterocycles. The standard InChI is InChI=1S/C18H23BrO2/c1-11(2)12-3-4-17(20)14(7-12)8-15-10-16(19)9-13-5-6-21-18(13)15/h9-12,14H,3-8H2,1-2H3. The van der Waals surface area contributed by atoms with E-state index in [0.717, 1.165) is 48.9 Å². The van der Waals surface area contributed by atoms with Gasteiger partial charge in [0.2, 0.25) is 0 Å². The van der Waals surface area contributed by atoms with E-state index in [2.05, 4.69) is 41.9 Å². The largest absolute Gasteiger partial charge is 0.493 e. The molecular weight excluding hydrogens is 328 g/mol. The molecule has 1 aromatic rings. The summed E-state index contributed by atoms with van der Waals surface area (Å²) in [6.45, 7) is 5.32. The Bertz CT molecular complexity index is 550. The minimum absolute atomic E-state index is 0.175. The fraction of sp³-hybridized carbons (Fsp3) is 0.611. The lowest BCUT2D eigenvalue weighted by Gasteiger charge is -2.31. The maximum atomic E-state index is 12.3. The Hall–Kier alpha value is -0.830. The second kappa shape index (κ2) is 6.12. The van der Waals surface area contributed by atoms with Crippen LogP contribution in [-0.2, 0) is 17.6 Å². The van der Waals surface area contributed by atoms with Crippen molar-refractivity contribution in [1.82, 2.24) is 0 Å². The first-order valence-electron chi connectivity index (χ1n) is 8.01. The molecule has 0 aromatic heterocycles. The van der Waals surface area contributed by atoms with Crippen LogP contribution in [0.5, 0.6) is 5.75 Å². The van der Waals surface area contributed by atoms with Gasteiger partial charge in [-0.15, -0.1) is 0 Å². The summed E-state index contributed by atoms with van der Waals surface area (Å²) < 4.78 is 6.91. The number of carbonyl (C=O) groups is 1. The summed E-state index contributed by atoms with van der Waals surface area (Å²) in [6.07, 6.45) is 4.68. The molecule has 3 heteroatoms. The average molecular weight is 351 g/mol. The van der Waals surface area contributed by atoms with E-state index in [1.165, 1.54) is 11.1 Å². The van der Waals surface area contributed by atoms with Gasteiger partial charge in [0.15, 0.2) is 0 Å². The maximum absolute atomic E-state index is 12.3. The molecule has 0 saturated heterocycles. The number of rotatable bonds is 3. The predicted octanol–water partition coefficient (Wildman–Crippen LogP) is 4.57. The monoisotopic (exact) mass is 350 g/mol. The number of halogens is 1. The predicted molar refractivity (Wildman–Crippen MR) is 87.7 cm³/mol. The first-order chi connectivity index (χ1) is 10.0. The molecule has 1 saturated carbocycles. The first kappa shape index (κ1) is 15.1. The summed E-state index contributed by atoms with van der Waals surface area (Å²) in [4.78, 5) is 12.3. The number of ether oxygens (including phenoxy) is 1. The van der Waals surface area contributed by atoms with Gasteiger partial charge in [0.25, 0.3) is 0 Å². The highest BCUT2D eigenvalue weighted by Gasteiger charge is 2.31. The van der Waals surface area contributed by atoms with E-state index in [9.17, 15) is 4.79 Å². The molecule has 1 aromatic carbocycles. The molecule has 0 N–H and O–H groups in total. The molecule has 21 heavy (non-hydrogen) atoms. The average Bonchev–Trinajstić information content (AvgIpc) is 2.89. The molecule has 0 spiro atoms. The first-order valence-corrected chi connectivity index (χ1v) is 8.80. The minimum atomic E-state index is 0.175. The van der Waals surface area contributed by atoms with Gasteiger partial charge < -0.3 is 4.74 Å². The van der Waals surface area contributed by atoms with Crippen molar-refractivity contribution in [2.45, 2.75) is 46.0 Å². The van der Waals surface area contributed by atoms with Crippen LogP contribution in [0.2, 0.25) is 0 Å². The number of hydrogen-bond donors (Lipinski definition) is 0. The van der Waals surface area contributed by atoms with Crippen LogP contribution in [0, 0.1) is 17.8 Å². The summed E-state index contributed by atoms with van der Waals surface area (Å²) >= 11 is 3.59. The molecule has 114 valence electrons. The summed E-state index contributed by atoms with van der Waals surface area (Å²) in [5.41, 5.74) is 2.49. The van der Waals surface area contributed by atoms with Crippen molar-refractivity contribution in [3.05, 3.63) is 27.7 Å². The Kier molecular flexibility index (Phi) is 4.39. The Morgan fingerprint density at radius 1 is 1.33 bits per heavy atom. The lowest BCUT2D eigenvalue weighted by molar-refractivity contribution is -0.125. The molecule has 2 nitrogen and oxygen atoms in total. The van der Waals surface area contributed by atoms with Crippen molar-refractivity contribution in [2.75, 3.05) is 6.61 Å². The van der Waals surface area contributed by atoms with Crippen LogP contribution < -0.4 is 4.74 Å². The molecule has 1 heterocycles. The van der Waals surface area contributed by atoms with E-state index < -0.39 is 0 Å². The number of carbonyl (C=O) groups excluding carboxylic acids is 1. The molecule has 2 aliphatic rings. The van der Waals surface area contributed by atoms with Gasteiger partial charge in [0.1, 0.15) is 11.5 Å². The fourth-order valence-corrected chi connectivity index (χ4v) is 4.26. The topological polar surface area (TPSA) is 26.3 Å². The SMILES string of the molecule is CC(C)C1CCC(=O)C(Cc2cc(Br)cc3c2OCC3)C1. The van der Waals surface area contributed by atoms with Crippen molar-refractivity contribution in [3.8, 4) is 5.75 Å². The third-order valence-electron chi connectivity index (χ3n) is 5.04. The van der Waals surface area contributed by atoms with Gasteiger partial charge >= 0.3 is 0 Å². The molecule has 0 bridgehead atoms. The number of Topliss-reactive ketones (excluding diaryl/α,β-unsaturated/α-hetero) is 1. The van der Waals surface area contributed by atoms with Gasteiger partial charge in [0, 0.05) is 23.2 Å². The molecule has 2 unspecified atom stereocenters. The molecule has 2 atom stereocenters. The van der Waals surface area contributed by atoms with Crippen molar-refractivity contribution >= 4 is 21.7 Å². The summed E-state index contributed by atoms with van der Waals surface area (Å²) in [7, 11) is 0. The molecular formula is C18H23BrO2. The zero-order valence-electron chi connectivity index (χ0n) is 12.8. The van der Waals surface area contributed by atoms with Crippen molar-refractivity contribution < 1.29 is 9.53 Å². The van der Waals surface area contributed by atoms with Crippen molar-refractivity contribution in [2.24, 2.45) is 17.8 Å².